The third kappa shape index (κ3) is 6.37. The molecule has 0 aromatic heterocycles. The highest BCUT2D eigenvalue weighted by molar-refractivity contribution is 6.30. The molecule has 2 rings (SSSR count). The number of rotatable bonds is 5. The number of carbonyl (C=O) groups excluding carboxylic acids is 1. The van der Waals surface area contributed by atoms with Crippen molar-refractivity contribution in [1.82, 2.24) is 5.06 Å². The van der Waals surface area contributed by atoms with Crippen LogP contribution in [0.15, 0.2) is 48.5 Å². The van der Waals surface area contributed by atoms with Gasteiger partial charge in [0.1, 0.15) is 12.4 Å². The van der Waals surface area contributed by atoms with Crippen molar-refractivity contribution in [2.75, 3.05) is 0 Å². The summed E-state index contributed by atoms with van der Waals surface area (Å²) < 4.78 is 42.4. The molecule has 0 fully saturated rings. The maximum Gasteiger partial charge on any atom is 0.493 e. The van der Waals surface area contributed by atoms with E-state index in [1.807, 2.05) is 12.1 Å². The molecule has 0 atom stereocenters. The Bertz CT molecular complexity index is 796. The topological polar surface area (TPSA) is 88.6 Å². The molecule has 0 aliphatic heterocycles. The van der Waals surface area contributed by atoms with E-state index in [4.69, 9.17) is 27.5 Å². The molecule has 10 heteroatoms. The zero-order valence-corrected chi connectivity index (χ0v) is 14.6. The maximum atomic E-state index is 12.3. The molecule has 2 aromatic carbocycles. The molecule has 0 spiro atoms. The number of nitrogens with two attached hydrogens (primary N) is 1. The van der Waals surface area contributed by atoms with Crippen LogP contribution < -0.4 is 10.5 Å². The molecule has 0 amide bonds. The van der Waals surface area contributed by atoms with Gasteiger partial charge in [0.05, 0.1) is 6.54 Å². The third-order valence-corrected chi connectivity index (χ3v) is 3.51. The molecule has 0 unspecified atom stereocenters. The number of benzene rings is 2. The van der Waals surface area contributed by atoms with Crippen molar-refractivity contribution >= 4 is 23.5 Å². The number of nitrogens with one attached hydrogen (secondary N) is 1. The molecular formula is C17H15ClF3N3O3. The lowest BCUT2D eigenvalue weighted by Gasteiger charge is -2.21. The number of hydrogen-bond donors (Lipinski definition) is 2. The summed E-state index contributed by atoms with van der Waals surface area (Å²) in [7, 11) is 0. The normalized spacial score (nSPS) is 11.0. The standard InChI is InChI=1S/C17H15ClF3N3O3/c18-13-5-1-12(2-6-13)10-26-14-7-3-11(4-8-14)9-24(16(22)23)27-15(25)17(19,20)21/h1-8H,9-10H2,(H3,22,23). The first-order valence-corrected chi connectivity index (χ1v) is 7.90. The Morgan fingerprint density at radius 3 is 2.15 bits per heavy atom. The van der Waals surface area contributed by atoms with Gasteiger partial charge in [0.15, 0.2) is 0 Å². The molecule has 0 bridgehead atoms. The molecular weight excluding hydrogens is 387 g/mol. The van der Waals surface area contributed by atoms with Gasteiger partial charge in [-0.2, -0.15) is 18.2 Å². The Morgan fingerprint density at radius 1 is 1.07 bits per heavy atom. The second kappa shape index (κ2) is 8.63. The number of nitrogens with zero attached hydrogens (tertiary/aromatic N) is 1. The van der Waals surface area contributed by atoms with E-state index in [1.165, 1.54) is 0 Å². The Morgan fingerprint density at radius 2 is 1.63 bits per heavy atom. The molecule has 0 aliphatic rings. The molecule has 6 nitrogen and oxygen atoms in total. The van der Waals surface area contributed by atoms with Crippen molar-refractivity contribution in [3.8, 4) is 5.75 Å². The number of halogens is 4. The minimum absolute atomic E-state index is 0.305. The second-order valence-electron chi connectivity index (χ2n) is 5.36. The lowest BCUT2D eigenvalue weighted by molar-refractivity contribution is -0.227. The fourth-order valence-corrected chi connectivity index (χ4v) is 2.05. The van der Waals surface area contributed by atoms with Crippen molar-refractivity contribution in [3.63, 3.8) is 0 Å². The van der Waals surface area contributed by atoms with Crippen molar-refractivity contribution in [2.24, 2.45) is 5.73 Å². The smallest absolute Gasteiger partial charge is 0.489 e. The summed E-state index contributed by atoms with van der Waals surface area (Å²) in [6, 6.07) is 13.4. The average Bonchev–Trinajstić information content (AvgIpc) is 2.61. The Kier molecular flexibility index (Phi) is 6.51. The summed E-state index contributed by atoms with van der Waals surface area (Å²) in [4.78, 5) is 15.0. The average molecular weight is 402 g/mol. The number of guanidine groups is 1. The summed E-state index contributed by atoms with van der Waals surface area (Å²) in [6.45, 7) is -0.0199. The highest BCUT2D eigenvalue weighted by Gasteiger charge is 2.43. The van der Waals surface area contributed by atoms with Crippen LogP contribution in [-0.2, 0) is 22.8 Å². The molecule has 144 valence electrons. The van der Waals surface area contributed by atoms with Crippen molar-refractivity contribution in [1.29, 1.82) is 5.41 Å². The second-order valence-corrected chi connectivity index (χ2v) is 5.79. The quantitative estimate of drug-likeness (QED) is 0.453. The lowest BCUT2D eigenvalue weighted by Crippen LogP contribution is -2.41. The number of hydroxylamine groups is 2. The lowest BCUT2D eigenvalue weighted by atomic mass is 10.2. The number of ether oxygens (including phenoxy) is 1. The molecule has 0 aliphatic carbocycles. The first kappa shape index (κ1) is 20.4. The summed E-state index contributed by atoms with van der Waals surface area (Å²) >= 11 is 5.80. The van der Waals surface area contributed by atoms with E-state index in [2.05, 4.69) is 4.84 Å². The van der Waals surface area contributed by atoms with Crippen molar-refractivity contribution < 1.29 is 27.5 Å². The number of carbonyl (C=O) groups is 1. The highest BCUT2D eigenvalue weighted by atomic mass is 35.5. The number of alkyl halides is 3. The SMILES string of the molecule is N=C(N)N(Cc1ccc(OCc2ccc(Cl)cc2)cc1)OC(=O)C(F)(F)F. The molecule has 3 N–H and O–H groups in total. The molecule has 0 saturated heterocycles. The predicted molar refractivity (Wildman–Crippen MR) is 91.8 cm³/mol. The largest absolute Gasteiger partial charge is 0.493 e. The van der Waals surface area contributed by atoms with Gasteiger partial charge < -0.3 is 15.3 Å². The van der Waals surface area contributed by atoms with Gasteiger partial charge in [-0.1, -0.05) is 35.9 Å². The van der Waals surface area contributed by atoms with Crippen molar-refractivity contribution in [2.45, 2.75) is 19.3 Å². The van der Waals surface area contributed by atoms with Crippen LogP contribution in [0.5, 0.6) is 5.75 Å². The van der Waals surface area contributed by atoms with E-state index in [1.54, 1.807) is 36.4 Å². The first-order chi connectivity index (χ1) is 12.6. The highest BCUT2D eigenvalue weighted by Crippen LogP contribution is 2.19. The van der Waals surface area contributed by atoms with Gasteiger partial charge in [0, 0.05) is 5.02 Å². The van der Waals surface area contributed by atoms with Gasteiger partial charge in [-0.15, -0.1) is 0 Å². The molecule has 27 heavy (non-hydrogen) atoms. The van der Waals surface area contributed by atoms with Crippen LogP contribution in [0.4, 0.5) is 13.2 Å². The molecule has 0 heterocycles. The Hall–Kier alpha value is -2.94. The van der Waals surface area contributed by atoms with E-state index in [-0.39, 0.29) is 6.54 Å². The zero-order chi connectivity index (χ0) is 20.0. The van der Waals surface area contributed by atoms with Crippen LogP contribution >= 0.6 is 11.6 Å². The van der Waals surface area contributed by atoms with Crippen LogP contribution in [0.1, 0.15) is 11.1 Å². The minimum atomic E-state index is -5.19. The monoisotopic (exact) mass is 401 g/mol. The first-order valence-electron chi connectivity index (χ1n) is 7.52. The van der Waals surface area contributed by atoms with E-state index in [0.29, 0.717) is 28.0 Å². The van der Waals surface area contributed by atoms with E-state index < -0.39 is 18.1 Å². The van der Waals surface area contributed by atoms with Gasteiger partial charge in [0.2, 0.25) is 5.96 Å². The minimum Gasteiger partial charge on any atom is -0.489 e. The summed E-state index contributed by atoms with van der Waals surface area (Å²) in [5.74, 6) is -2.77. The Balaban J connectivity index is 1.95. The van der Waals surface area contributed by atoms with Gasteiger partial charge in [-0.05, 0) is 35.4 Å². The molecule has 0 radical (unpaired) electrons. The summed E-state index contributed by atoms with van der Waals surface area (Å²) in [5.41, 5.74) is 6.52. The Labute approximate surface area is 157 Å². The van der Waals surface area contributed by atoms with Gasteiger partial charge >= 0.3 is 12.1 Å². The van der Waals surface area contributed by atoms with Gasteiger partial charge in [-0.3, -0.25) is 5.41 Å². The van der Waals surface area contributed by atoms with Crippen LogP contribution in [0.3, 0.4) is 0 Å². The number of hydrogen-bond acceptors (Lipinski definition) is 4. The third-order valence-electron chi connectivity index (χ3n) is 3.26. The fraction of sp³-hybridized carbons (Fsp3) is 0.176. The van der Waals surface area contributed by atoms with Crippen molar-refractivity contribution in [3.05, 3.63) is 64.7 Å². The van der Waals surface area contributed by atoms with Crippen LogP contribution in [0.2, 0.25) is 5.02 Å². The van der Waals surface area contributed by atoms with Crippen LogP contribution in [0.25, 0.3) is 0 Å². The van der Waals surface area contributed by atoms with E-state index in [0.717, 1.165) is 5.56 Å². The van der Waals surface area contributed by atoms with Crippen LogP contribution in [-0.4, -0.2) is 23.2 Å². The van der Waals surface area contributed by atoms with E-state index in [9.17, 15) is 18.0 Å². The summed E-state index contributed by atoms with van der Waals surface area (Å²) in [6.07, 6.45) is -5.19. The van der Waals surface area contributed by atoms with E-state index >= 15 is 0 Å². The zero-order valence-electron chi connectivity index (χ0n) is 13.8. The summed E-state index contributed by atoms with van der Waals surface area (Å²) in [5, 5.41) is 8.20. The van der Waals surface area contributed by atoms with Crippen LogP contribution in [0, 0.1) is 5.41 Å². The van der Waals surface area contributed by atoms with Gasteiger partial charge in [0.25, 0.3) is 0 Å². The molecule has 2 aromatic rings. The fourth-order valence-electron chi connectivity index (χ4n) is 1.92. The molecule has 0 saturated carbocycles. The van der Waals surface area contributed by atoms with Gasteiger partial charge in [-0.25, -0.2) is 4.79 Å². The predicted octanol–water partition coefficient (Wildman–Crippen LogP) is 3.63. The maximum absolute atomic E-state index is 12.3.